The lowest BCUT2D eigenvalue weighted by molar-refractivity contribution is 0.930. The molecule has 0 saturated carbocycles. The van der Waals surface area contributed by atoms with Gasteiger partial charge in [0.05, 0.1) is 5.69 Å². The zero-order valence-corrected chi connectivity index (χ0v) is 8.93. The molecule has 0 saturated heterocycles. The van der Waals surface area contributed by atoms with E-state index in [4.69, 9.17) is 0 Å². The lowest BCUT2D eigenvalue weighted by atomic mass is 10.3. The van der Waals surface area contributed by atoms with Crippen LogP contribution >= 0.6 is 11.8 Å². The number of hydrogen-bond acceptors (Lipinski definition) is 4. The molecule has 0 aliphatic rings. The van der Waals surface area contributed by atoms with Crippen molar-refractivity contribution in [1.82, 2.24) is 9.97 Å². The first kappa shape index (κ1) is 10.2. The van der Waals surface area contributed by atoms with Gasteiger partial charge in [0.1, 0.15) is 0 Å². The van der Waals surface area contributed by atoms with Gasteiger partial charge in [-0.3, -0.25) is 4.99 Å². The van der Waals surface area contributed by atoms with E-state index in [2.05, 4.69) is 15.0 Å². The van der Waals surface area contributed by atoms with E-state index in [1.165, 1.54) is 0 Å². The van der Waals surface area contributed by atoms with Crippen LogP contribution in [0.25, 0.3) is 0 Å². The monoisotopic (exact) mass is 195 g/mol. The van der Waals surface area contributed by atoms with Crippen molar-refractivity contribution in [3.05, 3.63) is 17.5 Å². The van der Waals surface area contributed by atoms with Crippen molar-refractivity contribution in [2.24, 2.45) is 4.99 Å². The number of thioether (sulfide) groups is 1. The van der Waals surface area contributed by atoms with Crippen LogP contribution in [0.2, 0.25) is 0 Å². The van der Waals surface area contributed by atoms with Crippen LogP contribution in [0, 0.1) is 6.92 Å². The van der Waals surface area contributed by atoms with Gasteiger partial charge in [-0.15, -0.1) is 0 Å². The molecule has 1 aromatic rings. The summed E-state index contributed by atoms with van der Waals surface area (Å²) in [7, 11) is 0. The summed E-state index contributed by atoms with van der Waals surface area (Å²) in [4.78, 5) is 12.6. The quantitative estimate of drug-likeness (QED) is 0.420. The van der Waals surface area contributed by atoms with Crippen LogP contribution in [0.15, 0.2) is 16.3 Å². The van der Waals surface area contributed by atoms with E-state index in [-0.39, 0.29) is 0 Å². The normalized spacial score (nSPS) is 11.0. The average Bonchev–Trinajstić information content (AvgIpc) is 2.16. The molecule has 13 heavy (non-hydrogen) atoms. The summed E-state index contributed by atoms with van der Waals surface area (Å²) in [6.07, 6.45) is 5.60. The van der Waals surface area contributed by atoms with Gasteiger partial charge in [-0.1, -0.05) is 11.8 Å². The highest BCUT2D eigenvalue weighted by Gasteiger charge is 1.99. The van der Waals surface area contributed by atoms with E-state index in [0.29, 0.717) is 0 Å². The Balaban J connectivity index is 2.91. The van der Waals surface area contributed by atoms with E-state index in [0.717, 1.165) is 23.0 Å². The van der Waals surface area contributed by atoms with Gasteiger partial charge in [0.15, 0.2) is 5.16 Å². The second kappa shape index (κ2) is 4.97. The van der Waals surface area contributed by atoms with Crippen molar-refractivity contribution < 1.29 is 0 Å². The Labute approximate surface area is 82.7 Å². The molecule has 0 N–H and O–H groups in total. The van der Waals surface area contributed by atoms with E-state index in [1.807, 2.05) is 32.5 Å². The lowest BCUT2D eigenvalue weighted by Crippen LogP contribution is -1.95. The molecule has 70 valence electrons. The molecule has 1 aromatic heterocycles. The van der Waals surface area contributed by atoms with Gasteiger partial charge in [-0.2, -0.15) is 0 Å². The van der Waals surface area contributed by atoms with Crippen LogP contribution in [0.1, 0.15) is 18.2 Å². The Morgan fingerprint density at radius 1 is 1.62 bits per heavy atom. The summed E-state index contributed by atoms with van der Waals surface area (Å²) in [5.74, 6) is 0. The maximum absolute atomic E-state index is 4.31. The minimum Gasteiger partial charge on any atom is -0.293 e. The first-order valence-electron chi connectivity index (χ1n) is 4.15. The number of aliphatic imine (C=N–C) groups is 1. The Kier molecular flexibility index (Phi) is 3.89. The van der Waals surface area contributed by atoms with Gasteiger partial charge in [-0.05, 0) is 20.1 Å². The van der Waals surface area contributed by atoms with Crippen molar-refractivity contribution in [3.8, 4) is 0 Å². The first-order chi connectivity index (χ1) is 6.27. The van der Waals surface area contributed by atoms with Gasteiger partial charge < -0.3 is 0 Å². The van der Waals surface area contributed by atoms with Crippen molar-refractivity contribution in [1.29, 1.82) is 0 Å². The second-order valence-corrected chi connectivity index (χ2v) is 3.30. The van der Waals surface area contributed by atoms with E-state index < -0.39 is 0 Å². The fraction of sp³-hybridized carbons (Fsp3) is 0.444. The molecule has 4 heteroatoms. The van der Waals surface area contributed by atoms with Crippen LogP contribution in [0.5, 0.6) is 0 Å². The number of rotatable bonds is 3. The largest absolute Gasteiger partial charge is 0.293 e. The van der Waals surface area contributed by atoms with Gasteiger partial charge in [0.2, 0.25) is 0 Å². The summed E-state index contributed by atoms with van der Waals surface area (Å²) in [5, 5.41) is 0.811. The molecule has 1 heterocycles. The zero-order chi connectivity index (χ0) is 9.68. The molecule has 1 rings (SSSR count). The Morgan fingerprint density at radius 2 is 2.38 bits per heavy atom. The number of aryl methyl sites for hydroxylation is 1. The molecular weight excluding hydrogens is 182 g/mol. The van der Waals surface area contributed by atoms with Crippen LogP contribution in [0.3, 0.4) is 0 Å². The van der Waals surface area contributed by atoms with E-state index in [9.17, 15) is 0 Å². The predicted octanol–water partition coefficient (Wildman–Crippen LogP) is 1.95. The van der Waals surface area contributed by atoms with Crippen LogP contribution in [-0.4, -0.2) is 29.0 Å². The number of nitrogens with zero attached hydrogens (tertiary/aromatic N) is 3. The number of hydrogen-bond donors (Lipinski definition) is 0. The molecule has 0 radical (unpaired) electrons. The van der Waals surface area contributed by atoms with Crippen LogP contribution in [-0.2, 0) is 0 Å². The highest BCUT2D eigenvalue weighted by molar-refractivity contribution is 7.98. The Bertz CT molecular complexity index is 310. The lowest BCUT2D eigenvalue weighted by Gasteiger charge is -1.99. The van der Waals surface area contributed by atoms with Crippen molar-refractivity contribution in [2.45, 2.75) is 19.0 Å². The second-order valence-electron chi connectivity index (χ2n) is 2.53. The third-order valence-corrected chi connectivity index (χ3v) is 2.15. The maximum atomic E-state index is 4.31. The molecule has 0 unspecified atom stereocenters. The fourth-order valence-corrected chi connectivity index (χ4v) is 1.26. The van der Waals surface area contributed by atoms with Gasteiger partial charge in [0.25, 0.3) is 0 Å². The fourth-order valence-electron chi connectivity index (χ4n) is 0.870. The minimum absolute atomic E-state index is 0.795. The third kappa shape index (κ3) is 2.81. The Morgan fingerprint density at radius 3 is 2.92 bits per heavy atom. The molecule has 0 aliphatic heterocycles. The molecule has 0 spiro atoms. The highest BCUT2D eigenvalue weighted by Crippen LogP contribution is 2.09. The average molecular weight is 195 g/mol. The van der Waals surface area contributed by atoms with Gasteiger partial charge in [0, 0.05) is 24.5 Å². The van der Waals surface area contributed by atoms with Crippen molar-refractivity contribution >= 4 is 18.0 Å². The molecule has 0 bridgehead atoms. The van der Waals surface area contributed by atoms with Gasteiger partial charge in [-0.25, -0.2) is 9.97 Å². The predicted molar refractivity (Wildman–Crippen MR) is 56.7 cm³/mol. The first-order valence-corrected chi connectivity index (χ1v) is 5.38. The highest BCUT2D eigenvalue weighted by atomic mass is 32.2. The van der Waals surface area contributed by atoms with Crippen LogP contribution in [0.4, 0.5) is 0 Å². The van der Waals surface area contributed by atoms with Gasteiger partial charge >= 0.3 is 0 Å². The summed E-state index contributed by atoms with van der Waals surface area (Å²) < 4.78 is 0. The standard InChI is InChI=1S/C9H13N3S/c1-4-10-5-8-6-11-9(13-3)12-7(8)2/h5-6H,4H2,1-3H3. The molecule has 0 atom stereocenters. The van der Waals surface area contributed by atoms with E-state index in [1.54, 1.807) is 11.8 Å². The summed E-state index contributed by atoms with van der Waals surface area (Å²) in [5.41, 5.74) is 1.98. The molecule has 0 aliphatic carbocycles. The minimum atomic E-state index is 0.795. The molecule has 3 nitrogen and oxygen atoms in total. The van der Waals surface area contributed by atoms with Crippen molar-refractivity contribution in [3.63, 3.8) is 0 Å². The summed E-state index contributed by atoms with van der Waals surface area (Å²) in [6.45, 7) is 4.77. The maximum Gasteiger partial charge on any atom is 0.187 e. The Hall–Kier alpha value is -0.900. The SMILES string of the molecule is CCN=Cc1cnc(SC)nc1C. The van der Waals surface area contributed by atoms with Crippen LogP contribution < -0.4 is 0 Å². The molecular formula is C9H13N3S. The smallest absolute Gasteiger partial charge is 0.187 e. The zero-order valence-electron chi connectivity index (χ0n) is 8.11. The molecule has 0 amide bonds. The number of aromatic nitrogens is 2. The third-order valence-electron chi connectivity index (χ3n) is 1.59. The molecule has 0 fully saturated rings. The van der Waals surface area contributed by atoms with Crippen molar-refractivity contribution in [2.75, 3.05) is 12.8 Å². The summed E-state index contributed by atoms with van der Waals surface area (Å²) in [6, 6.07) is 0. The topological polar surface area (TPSA) is 38.1 Å². The summed E-state index contributed by atoms with van der Waals surface area (Å²) >= 11 is 1.55. The molecule has 0 aromatic carbocycles. The van der Waals surface area contributed by atoms with E-state index >= 15 is 0 Å².